The molecular weight excluding hydrogens is 296 g/mol. The van der Waals surface area contributed by atoms with Gasteiger partial charge in [0.1, 0.15) is 5.82 Å². The van der Waals surface area contributed by atoms with E-state index in [-0.39, 0.29) is 5.91 Å². The zero-order chi connectivity index (χ0) is 15.7. The lowest BCUT2D eigenvalue weighted by molar-refractivity contribution is -0.132. The number of fused-ring (bicyclic) bond motifs is 1. The number of nitrogens with zero attached hydrogens (tertiary/aromatic N) is 4. The van der Waals surface area contributed by atoms with Crippen molar-refractivity contribution in [3.05, 3.63) is 39.6 Å². The zero-order valence-electron chi connectivity index (χ0n) is 13.4. The van der Waals surface area contributed by atoms with Gasteiger partial charge in [0.25, 0.3) is 0 Å². The first-order valence-electron chi connectivity index (χ1n) is 7.54. The van der Waals surface area contributed by atoms with Gasteiger partial charge >= 0.3 is 0 Å². The number of imidazole rings is 1. The highest BCUT2D eigenvalue weighted by atomic mass is 32.1. The Kier molecular flexibility index (Phi) is 4.31. The molecule has 1 aliphatic rings. The summed E-state index contributed by atoms with van der Waals surface area (Å²) in [5, 5.41) is 4.13. The second kappa shape index (κ2) is 6.22. The number of likely N-dealkylation sites (N-methyl/N-ethyl adjacent to an activating group) is 1. The predicted octanol–water partition coefficient (Wildman–Crippen LogP) is 2.04. The van der Waals surface area contributed by atoms with Gasteiger partial charge in [-0.05, 0) is 36.2 Å². The van der Waals surface area contributed by atoms with Crippen LogP contribution in [0.25, 0.3) is 0 Å². The van der Waals surface area contributed by atoms with E-state index < -0.39 is 0 Å². The van der Waals surface area contributed by atoms with E-state index in [2.05, 4.69) is 32.8 Å². The SMILES string of the molecule is Cc1nc2n(c1C)CCN(CC(=O)N(C)Cc1ccsc1)C2. The fourth-order valence-electron chi connectivity index (χ4n) is 2.85. The average Bonchev–Trinajstić information content (AvgIpc) is 3.08. The third kappa shape index (κ3) is 3.08. The maximum atomic E-state index is 12.4. The Balaban J connectivity index is 1.58. The van der Waals surface area contributed by atoms with Crippen LogP contribution < -0.4 is 0 Å². The van der Waals surface area contributed by atoms with Crippen molar-refractivity contribution in [2.75, 3.05) is 20.1 Å². The zero-order valence-corrected chi connectivity index (χ0v) is 14.2. The number of aryl methyl sites for hydroxylation is 1. The fraction of sp³-hybridized carbons (Fsp3) is 0.500. The maximum absolute atomic E-state index is 12.4. The largest absolute Gasteiger partial charge is 0.340 e. The summed E-state index contributed by atoms with van der Waals surface area (Å²) in [7, 11) is 1.87. The molecule has 0 atom stereocenters. The van der Waals surface area contributed by atoms with Crippen molar-refractivity contribution in [2.45, 2.75) is 33.5 Å². The number of hydrogen-bond acceptors (Lipinski definition) is 4. The van der Waals surface area contributed by atoms with E-state index in [0.29, 0.717) is 13.1 Å². The number of hydrogen-bond donors (Lipinski definition) is 0. The maximum Gasteiger partial charge on any atom is 0.236 e. The van der Waals surface area contributed by atoms with Crippen LogP contribution in [0.1, 0.15) is 22.8 Å². The van der Waals surface area contributed by atoms with E-state index in [9.17, 15) is 4.79 Å². The lowest BCUT2D eigenvalue weighted by Crippen LogP contribution is -2.42. The molecule has 0 saturated carbocycles. The molecule has 0 N–H and O–H groups in total. The summed E-state index contributed by atoms with van der Waals surface area (Å²) in [5.41, 5.74) is 3.54. The van der Waals surface area contributed by atoms with Crippen molar-refractivity contribution >= 4 is 17.2 Å². The van der Waals surface area contributed by atoms with Crippen molar-refractivity contribution in [2.24, 2.45) is 0 Å². The van der Waals surface area contributed by atoms with Crippen molar-refractivity contribution in [3.8, 4) is 0 Å². The van der Waals surface area contributed by atoms with Gasteiger partial charge in [-0.1, -0.05) is 0 Å². The summed E-state index contributed by atoms with van der Waals surface area (Å²) in [6, 6.07) is 2.07. The van der Waals surface area contributed by atoms with Crippen LogP contribution in [0.5, 0.6) is 0 Å². The van der Waals surface area contributed by atoms with Crippen LogP contribution in [0.3, 0.4) is 0 Å². The molecule has 2 aromatic rings. The first-order valence-corrected chi connectivity index (χ1v) is 8.49. The summed E-state index contributed by atoms with van der Waals surface area (Å²) in [4.78, 5) is 21.0. The first kappa shape index (κ1) is 15.2. The number of rotatable bonds is 4. The minimum atomic E-state index is 0.166. The summed E-state index contributed by atoms with van der Waals surface area (Å²) in [5.74, 6) is 1.24. The predicted molar refractivity (Wildman–Crippen MR) is 87.8 cm³/mol. The van der Waals surface area contributed by atoms with Gasteiger partial charge in [0, 0.05) is 32.4 Å². The van der Waals surface area contributed by atoms with Crippen molar-refractivity contribution < 1.29 is 4.79 Å². The van der Waals surface area contributed by atoms with Crippen molar-refractivity contribution in [1.29, 1.82) is 0 Å². The van der Waals surface area contributed by atoms with Gasteiger partial charge in [0.2, 0.25) is 5.91 Å². The van der Waals surface area contributed by atoms with E-state index in [1.54, 1.807) is 16.2 Å². The van der Waals surface area contributed by atoms with Gasteiger partial charge in [-0.25, -0.2) is 4.98 Å². The normalized spacial score (nSPS) is 14.9. The van der Waals surface area contributed by atoms with Crippen LogP contribution in [0.15, 0.2) is 16.8 Å². The monoisotopic (exact) mass is 318 g/mol. The summed E-state index contributed by atoms with van der Waals surface area (Å²) < 4.78 is 2.27. The first-order chi connectivity index (χ1) is 10.5. The van der Waals surface area contributed by atoms with Gasteiger partial charge in [0.15, 0.2) is 0 Å². The Labute approximate surface area is 135 Å². The topological polar surface area (TPSA) is 41.4 Å². The number of thiophene rings is 1. The molecule has 6 heteroatoms. The molecule has 0 saturated heterocycles. The molecule has 0 unspecified atom stereocenters. The van der Waals surface area contributed by atoms with Crippen molar-refractivity contribution in [1.82, 2.24) is 19.4 Å². The third-order valence-electron chi connectivity index (χ3n) is 4.33. The molecule has 22 heavy (non-hydrogen) atoms. The molecule has 0 bridgehead atoms. The molecule has 1 amide bonds. The molecule has 0 aliphatic carbocycles. The number of aromatic nitrogens is 2. The van der Waals surface area contributed by atoms with E-state index in [4.69, 9.17) is 0 Å². The standard InChI is InChI=1S/C16H22N4OS/c1-12-13(2)20-6-5-19(9-15(20)17-12)10-16(21)18(3)8-14-4-7-22-11-14/h4,7,11H,5-6,8-10H2,1-3H3. The minimum Gasteiger partial charge on any atom is -0.340 e. The van der Waals surface area contributed by atoms with Gasteiger partial charge in [-0.15, -0.1) is 0 Å². The second-order valence-electron chi connectivity index (χ2n) is 5.94. The molecule has 5 nitrogen and oxygen atoms in total. The molecule has 3 heterocycles. The average molecular weight is 318 g/mol. The minimum absolute atomic E-state index is 0.166. The van der Waals surface area contributed by atoms with E-state index in [0.717, 1.165) is 31.2 Å². The molecule has 2 aromatic heterocycles. The highest BCUT2D eigenvalue weighted by Gasteiger charge is 2.23. The van der Waals surface area contributed by atoms with Gasteiger partial charge in [-0.3, -0.25) is 9.69 Å². The van der Waals surface area contributed by atoms with Crippen LogP contribution in [-0.2, 0) is 24.4 Å². The Morgan fingerprint density at radius 3 is 2.95 bits per heavy atom. The molecule has 1 aliphatic heterocycles. The molecule has 118 valence electrons. The van der Waals surface area contributed by atoms with E-state index in [1.165, 1.54) is 11.3 Å². The van der Waals surface area contributed by atoms with Crippen LogP contribution in [0.4, 0.5) is 0 Å². The Morgan fingerprint density at radius 2 is 2.23 bits per heavy atom. The quantitative estimate of drug-likeness (QED) is 0.866. The molecule has 0 spiro atoms. The third-order valence-corrected chi connectivity index (χ3v) is 5.06. The van der Waals surface area contributed by atoms with E-state index >= 15 is 0 Å². The summed E-state index contributed by atoms with van der Waals surface area (Å²) in [6.07, 6.45) is 0. The summed E-state index contributed by atoms with van der Waals surface area (Å²) in [6.45, 7) is 7.89. The Hall–Kier alpha value is -1.66. The van der Waals surface area contributed by atoms with Crippen LogP contribution in [-0.4, -0.2) is 45.4 Å². The van der Waals surface area contributed by atoms with Crippen LogP contribution in [0.2, 0.25) is 0 Å². The Morgan fingerprint density at radius 1 is 1.41 bits per heavy atom. The fourth-order valence-corrected chi connectivity index (χ4v) is 3.51. The smallest absolute Gasteiger partial charge is 0.236 e. The van der Waals surface area contributed by atoms with Gasteiger partial charge in [0.05, 0.1) is 18.8 Å². The van der Waals surface area contributed by atoms with Gasteiger partial charge < -0.3 is 9.47 Å². The van der Waals surface area contributed by atoms with E-state index in [1.807, 2.05) is 19.4 Å². The molecule has 0 fully saturated rings. The number of carbonyl (C=O) groups excluding carboxylic acids is 1. The molecule has 0 aromatic carbocycles. The molecule has 0 radical (unpaired) electrons. The lowest BCUT2D eigenvalue weighted by atomic mass is 10.3. The van der Waals surface area contributed by atoms with Crippen molar-refractivity contribution in [3.63, 3.8) is 0 Å². The van der Waals surface area contributed by atoms with Crippen LogP contribution >= 0.6 is 11.3 Å². The highest BCUT2D eigenvalue weighted by molar-refractivity contribution is 7.07. The number of amides is 1. The lowest BCUT2D eigenvalue weighted by Gasteiger charge is -2.29. The molecule has 3 rings (SSSR count). The number of carbonyl (C=O) groups is 1. The Bertz CT molecular complexity index is 662. The van der Waals surface area contributed by atoms with Crippen LogP contribution in [0, 0.1) is 13.8 Å². The second-order valence-corrected chi connectivity index (χ2v) is 6.72. The summed E-state index contributed by atoms with van der Waals surface area (Å²) >= 11 is 1.67. The van der Waals surface area contributed by atoms with Gasteiger partial charge in [-0.2, -0.15) is 11.3 Å². The molecular formula is C16H22N4OS. The highest BCUT2D eigenvalue weighted by Crippen LogP contribution is 2.17.